The molecule has 3 aliphatic rings. The SMILES string of the molecule is C[C@@]12C=C[C@@H](O1)[C@H]1C(=O)N(c3ccccc3Br)C(=O)[C@H]12. The molecule has 5 heteroatoms. The highest BCUT2D eigenvalue weighted by Crippen LogP contribution is 2.52. The fourth-order valence-electron chi connectivity index (χ4n) is 3.52. The number of fused-ring (bicyclic) bond motifs is 5. The third-order valence-corrected chi connectivity index (χ3v) is 5.09. The number of para-hydroxylation sites is 1. The Balaban J connectivity index is 1.82. The minimum absolute atomic E-state index is 0.162. The Morgan fingerprint density at radius 1 is 1.25 bits per heavy atom. The molecule has 0 radical (unpaired) electrons. The van der Waals surface area contributed by atoms with Crippen molar-refractivity contribution in [1.82, 2.24) is 0 Å². The van der Waals surface area contributed by atoms with Gasteiger partial charge in [-0.2, -0.15) is 0 Å². The average molecular weight is 334 g/mol. The number of carbonyl (C=O) groups excluding carboxylic acids is 2. The molecule has 0 saturated carbocycles. The third kappa shape index (κ3) is 1.34. The van der Waals surface area contributed by atoms with Gasteiger partial charge in [0.25, 0.3) is 0 Å². The smallest absolute Gasteiger partial charge is 0.241 e. The summed E-state index contributed by atoms with van der Waals surface area (Å²) in [5, 5.41) is 0. The predicted molar refractivity (Wildman–Crippen MR) is 76.0 cm³/mol. The minimum atomic E-state index is -0.641. The van der Waals surface area contributed by atoms with E-state index in [-0.39, 0.29) is 23.8 Å². The van der Waals surface area contributed by atoms with Crippen molar-refractivity contribution in [3.8, 4) is 0 Å². The number of nitrogens with zero attached hydrogens (tertiary/aromatic N) is 1. The van der Waals surface area contributed by atoms with E-state index in [0.29, 0.717) is 5.69 Å². The van der Waals surface area contributed by atoms with Crippen LogP contribution in [0, 0.1) is 11.8 Å². The number of amides is 2. The molecule has 3 aliphatic heterocycles. The van der Waals surface area contributed by atoms with E-state index in [2.05, 4.69) is 15.9 Å². The first-order valence-electron chi connectivity index (χ1n) is 6.52. The summed E-state index contributed by atoms with van der Waals surface area (Å²) in [6.07, 6.45) is 3.54. The first-order chi connectivity index (χ1) is 9.53. The lowest BCUT2D eigenvalue weighted by atomic mass is 9.78. The zero-order chi connectivity index (χ0) is 14.1. The molecule has 2 amide bonds. The molecule has 0 unspecified atom stereocenters. The van der Waals surface area contributed by atoms with Crippen molar-refractivity contribution in [2.45, 2.75) is 18.6 Å². The number of imide groups is 1. The molecular weight excluding hydrogens is 322 g/mol. The van der Waals surface area contributed by atoms with Crippen molar-refractivity contribution < 1.29 is 14.3 Å². The van der Waals surface area contributed by atoms with E-state index >= 15 is 0 Å². The lowest BCUT2D eigenvalue weighted by molar-refractivity contribution is -0.126. The van der Waals surface area contributed by atoms with E-state index in [1.165, 1.54) is 4.90 Å². The topological polar surface area (TPSA) is 46.6 Å². The second-order valence-corrected chi connectivity index (χ2v) is 6.45. The molecule has 4 nitrogen and oxygen atoms in total. The number of hydrogen-bond donors (Lipinski definition) is 0. The molecule has 0 N–H and O–H groups in total. The Morgan fingerprint density at radius 2 is 2.00 bits per heavy atom. The summed E-state index contributed by atoms with van der Waals surface area (Å²) in [7, 11) is 0. The molecule has 1 aromatic rings. The molecule has 0 aliphatic carbocycles. The van der Waals surface area contributed by atoms with Crippen LogP contribution < -0.4 is 4.90 Å². The van der Waals surface area contributed by atoms with Crippen molar-refractivity contribution in [1.29, 1.82) is 0 Å². The number of rotatable bonds is 1. The first kappa shape index (κ1) is 12.3. The van der Waals surface area contributed by atoms with Crippen LogP contribution in [0.25, 0.3) is 0 Å². The van der Waals surface area contributed by atoms with Gasteiger partial charge in [0.2, 0.25) is 11.8 Å². The van der Waals surface area contributed by atoms with Crippen LogP contribution >= 0.6 is 15.9 Å². The molecule has 4 atom stereocenters. The number of ether oxygens (including phenoxy) is 1. The molecule has 1 aromatic carbocycles. The summed E-state index contributed by atoms with van der Waals surface area (Å²) >= 11 is 3.41. The molecule has 0 aromatic heterocycles. The first-order valence-corrected chi connectivity index (χ1v) is 7.32. The van der Waals surface area contributed by atoms with Crippen LogP contribution in [0.5, 0.6) is 0 Å². The standard InChI is InChI=1S/C15H12BrNO3/c1-15-7-6-10(20-15)11-12(15)14(19)17(13(11)18)9-5-3-2-4-8(9)16/h2-7,10-12H,1H3/t10-,11-,12+,15+/m1/s1. The van der Waals surface area contributed by atoms with Crippen LogP contribution in [-0.2, 0) is 14.3 Å². The van der Waals surface area contributed by atoms with Crippen LogP contribution in [0.4, 0.5) is 5.69 Å². The second kappa shape index (κ2) is 3.80. The van der Waals surface area contributed by atoms with Gasteiger partial charge in [-0.15, -0.1) is 0 Å². The summed E-state index contributed by atoms with van der Waals surface area (Å²) in [5.41, 5.74) is -0.0298. The normalized spacial score (nSPS) is 37.9. The van der Waals surface area contributed by atoms with E-state index < -0.39 is 11.5 Å². The van der Waals surface area contributed by atoms with E-state index in [1.54, 1.807) is 6.07 Å². The highest BCUT2D eigenvalue weighted by Gasteiger charge is 2.66. The minimum Gasteiger partial charge on any atom is -0.362 e. The number of anilines is 1. The molecule has 0 spiro atoms. The predicted octanol–water partition coefficient (Wildman–Crippen LogP) is 2.28. The summed E-state index contributed by atoms with van der Waals surface area (Å²) in [6.45, 7) is 1.88. The maximum Gasteiger partial charge on any atom is 0.241 e. The van der Waals surface area contributed by atoms with Crippen molar-refractivity contribution in [3.63, 3.8) is 0 Å². The average Bonchev–Trinajstić information content (AvgIpc) is 3.01. The van der Waals surface area contributed by atoms with Gasteiger partial charge in [0.05, 0.1) is 29.2 Å². The van der Waals surface area contributed by atoms with Gasteiger partial charge in [-0.25, -0.2) is 4.90 Å². The summed E-state index contributed by atoms with van der Waals surface area (Å²) in [6, 6.07) is 7.28. The van der Waals surface area contributed by atoms with Gasteiger partial charge in [0.1, 0.15) is 0 Å². The Labute approximate surface area is 124 Å². The number of carbonyl (C=O) groups is 2. The number of hydrogen-bond acceptors (Lipinski definition) is 3. The Morgan fingerprint density at radius 3 is 2.70 bits per heavy atom. The summed E-state index contributed by atoms with van der Waals surface area (Å²) in [4.78, 5) is 26.7. The van der Waals surface area contributed by atoms with E-state index in [4.69, 9.17) is 4.74 Å². The fourth-order valence-corrected chi connectivity index (χ4v) is 3.99. The molecule has 102 valence electrons. The van der Waals surface area contributed by atoms with Gasteiger partial charge in [-0.1, -0.05) is 24.3 Å². The summed E-state index contributed by atoms with van der Waals surface area (Å²) < 4.78 is 6.53. The van der Waals surface area contributed by atoms with Crippen molar-refractivity contribution >= 4 is 33.4 Å². The lowest BCUT2D eigenvalue weighted by Crippen LogP contribution is -2.38. The molecule has 4 rings (SSSR count). The lowest BCUT2D eigenvalue weighted by Gasteiger charge is -2.24. The monoisotopic (exact) mass is 333 g/mol. The van der Waals surface area contributed by atoms with Crippen LogP contribution in [0.15, 0.2) is 40.9 Å². The summed E-state index contributed by atoms with van der Waals surface area (Å²) in [5.74, 6) is -1.12. The van der Waals surface area contributed by atoms with E-state index in [9.17, 15) is 9.59 Å². The largest absolute Gasteiger partial charge is 0.362 e. The van der Waals surface area contributed by atoms with Gasteiger partial charge >= 0.3 is 0 Å². The van der Waals surface area contributed by atoms with Crippen LogP contribution in [0.2, 0.25) is 0 Å². The van der Waals surface area contributed by atoms with Crippen LogP contribution in [0.1, 0.15) is 6.92 Å². The zero-order valence-electron chi connectivity index (χ0n) is 10.7. The molecule has 3 heterocycles. The Bertz CT molecular complexity index is 671. The van der Waals surface area contributed by atoms with E-state index in [0.717, 1.165) is 4.47 Å². The molecule has 2 fully saturated rings. The van der Waals surface area contributed by atoms with Crippen molar-refractivity contribution in [2.24, 2.45) is 11.8 Å². The molecule has 2 saturated heterocycles. The van der Waals surface area contributed by atoms with Gasteiger partial charge in [-0.3, -0.25) is 9.59 Å². The number of halogens is 1. The van der Waals surface area contributed by atoms with E-state index in [1.807, 2.05) is 37.3 Å². The van der Waals surface area contributed by atoms with Gasteiger partial charge < -0.3 is 4.74 Å². The number of benzene rings is 1. The quantitative estimate of drug-likeness (QED) is 0.585. The van der Waals surface area contributed by atoms with Gasteiger partial charge in [0.15, 0.2) is 0 Å². The highest BCUT2D eigenvalue weighted by molar-refractivity contribution is 9.10. The zero-order valence-corrected chi connectivity index (χ0v) is 12.3. The maximum absolute atomic E-state index is 12.7. The fraction of sp³-hybridized carbons (Fsp3) is 0.333. The van der Waals surface area contributed by atoms with Crippen molar-refractivity contribution in [2.75, 3.05) is 4.90 Å². The maximum atomic E-state index is 12.7. The van der Waals surface area contributed by atoms with Crippen LogP contribution in [0.3, 0.4) is 0 Å². The van der Waals surface area contributed by atoms with Gasteiger partial charge in [0, 0.05) is 4.47 Å². The Kier molecular flexibility index (Phi) is 2.34. The van der Waals surface area contributed by atoms with Crippen LogP contribution in [-0.4, -0.2) is 23.5 Å². The Hall–Kier alpha value is -1.46. The second-order valence-electron chi connectivity index (χ2n) is 5.59. The molecular formula is C15H12BrNO3. The third-order valence-electron chi connectivity index (χ3n) is 4.42. The molecule has 2 bridgehead atoms. The van der Waals surface area contributed by atoms with Crippen molar-refractivity contribution in [3.05, 3.63) is 40.9 Å². The highest BCUT2D eigenvalue weighted by atomic mass is 79.9. The molecule has 20 heavy (non-hydrogen) atoms. The van der Waals surface area contributed by atoms with Gasteiger partial charge in [-0.05, 0) is 35.0 Å².